The molecule has 1 saturated heterocycles. The lowest BCUT2D eigenvalue weighted by molar-refractivity contribution is -0.915. The van der Waals surface area contributed by atoms with E-state index in [1.807, 2.05) is 0 Å². The van der Waals surface area contributed by atoms with Crippen molar-refractivity contribution in [2.24, 2.45) is 17.6 Å². The lowest BCUT2D eigenvalue weighted by Gasteiger charge is -2.32. The Labute approximate surface area is 91.3 Å². The number of hydrogen-bond acceptors (Lipinski definition) is 1. The summed E-state index contributed by atoms with van der Waals surface area (Å²) in [4.78, 5) is 0. The van der Waals surface area contributed by atoms with Crippen LogP contribution in [-0.4, -0.2) is 30.7 Å². The lowest BCUT2D eigenvalue weighted by atomic mass is 10.2. The van der Waals surface area contributed by atoms with Crippen molar-refractivity contribution < 1.29 is 4.48 Å². The standard InChI is InChI=1S/C13H19N2/c1-15(7-10-5-3-2-4-6-10)8-11-12(9-15)13(11)14/h2-6,11-13H,7-9,14H2,1H3/q+1. The second kappa shape index (κ2) is 3.06. The maximum Gasteiger partial charge on any atom is 0.104 e. The summed E-state index contributed by atoms with van der Waals surface area (Å²) < 4.78 is 1.19. The first-order valence-electron chi connectivity index (χ1n) is 5.81. The van der Waals surface area contributed by atoms with Crippen LogP contribution in [0, 0.1) is 11.8 Å². The number of rotatable bonds is 2. The molecule has 1 aliphatic heterocycles. The van der Waals surface area contributed by atoms with Crippen LogP contribution in [0.3, 0.4) is 0 Å². The first-order chi connectivity index (χ1) is 7.18. The van der Waals surface area contributed by atoms with Gasteiger partial charge >= 0.3 is 0 Å². The summed E-state index contributed by atoms with van der Waals surface area (Å²) in [5.74, 6) is 1.64. The van der Waals surface area contributed by atoms with Crippen LogP contribution in [-0.2, 0) is 6.54 Å². The molecule has 2 atom stereocenters. The average Bonchev–Trinajstić information content (AvgIpc) is 2.67. The summed E-state index contributed by atoms with van der Waals surface area (Å²) in [6.07, 6.45) is 0. The third kappa shape index (κ3) is 1.58. The highest BCUT2D eigenvalue weighted by atomic mass is 15.4. The van der Waals surface area contributed by atoms with Gasteiger partial charge in [0.2, 0.25) is 0 Å². The molecule has 1 saturated carbocycles. The molecule has 1 aromatic rings. The van der Waals surface area contributed by atoms with Gasteiger partial charge in [-0.05, 0) is 0 Å². The number of hydrogen-bond donors (Lipinski definition) is 1. The van der Waals surface area contributed by atoms with Crippen LogP contribution < -0.4 is 5.73 Å². The van der Waals surface area contributed by atoms with Crippen LogP contribution >= 0.6 is 0 Å². The Morgan fingerprint density at radius 2 is 1.80 bits per heavy atom. The van der Waals surface area contributed by atoms with Crippen LogP contribution in [0.25, 0.3) is 0 Å². The molecule has 0 spiro atoms. The molecule has 3 rings (SSSR count). The van der Waals surface area contributed by atoms with Gasteiger partial charge in [0.25, 0.3) is 0 Å². The smallest absolute Gasteiger partial charge is 0.104 e. The predicted octanol–water partition coefficient (Wildman–Crippen LogP) is 1.22. The van der Waals surface area contributed by atoms with Gasteiger partial charge in [-0.15, -0.1) is 0 Å². The zero-order chi connectivity index (χ0) is 10.5. The van der Waals surface area contributed by atoms with Crippen molar-refractivity contribution in [2.45, 2.75) is 12.6 Å². The van der Waals surface area contributed by atoms with Crippen LogP contribution in [0.1, 0.15) is 5.56 Å². The number of quaternary nitrogens is 1. The monoisotopic (exact) mass is 203 g/mol. The van der Waals surface area contributed by atoms with Crippen LogP contribution in [0.4, 0.5) is 0 Å². The molecule has 15 heavy (non-hydrogen) atoms. The third-order valence-corrected chi connectivity index (χ3v) is 4.11. The molecule has 2 nitrogen and oxygen atoms in total. The molecule has 2 aliphatic rings. The van der Waals surface area contributed by atoms with Crippen molar-refractivity contribution in [3.63, 3.8) is 0 Å². The van der Waals surface area contributed by atoms with Crippen molar-refractivity contribution in [3.8, 4) is 0 Å². The van der Waals surface area contributed by atoms with Gasteiger partial charge in [-0.2, -0.15) is 0 Å². The highest BCUT2D eigenvalue weighted by molar-refractivity contribution is 5.14. The van der Waals surface area contributed by atoms with E-state index in [9.17, 15) is 0 Å². The molecule has 0 radical (unpaired) electrons. The van der Waals surface area contributed by atoms with Gasteiger partial charge in [-0.1, -0.05) is 30.3 Å². The first kappa shape index (κ1) is 9.37. The van der Waals surface area contributed by atoms with Crippen molar-refractivity contribution in [3.05, 3.63) is 35.9 Å². The minimum absolute atomic E-state index is 0.520. The highest BCUT2D eigenvalue weighted by Gasteiger charge is 2.60. The van der Waals surface area contributed by atoms with Gasteiger partial charge in [0, 0.05) is 23.4 Å². The summed E-state index contributed by atoms with van der Waals surface area (Å²) in [5, 5.41) is 0. The summed E-state index contributed by atoms with van der Waals surface area (Å²) in [6.45, 7) is 3.72. The lowest BCUT2D eigenvalue weighted by Crippen LogP contribution is -2.44. The highest BCUT2D eigenvalue weighted by Crippen LogP contribution is 2.47. The van der Waals surface area contributed by atoms with Crippen LogP contribution in [0.2, 0.25) is 0 Å². The molecule has 0 amide bonds. The maximum atomic E-state index is 5.98. The van der Waals surface area contributed by atoms with Crippen LogP contribution in [0.15, 0.2) is 30.3 Å². The van der Waals surface area contributed by atoms with E-state index >= 15 is 0 Å². The molecular weight excluding hydrogens is 184 g/mol. The number of piperidine rings is 1. The minimum Gasteiger partial charge on any atom is -0.327 e. The molecule has 2 unspecified atom stereocenters. The molecule has 80 valence electrons. The largest absolute Gasteiger partial charge is 0.327 e. The Hall–Kier alpha value is -0.860. The van der Waals surface area contributed by atoms with E-state index in [4.69, 9.17) is 5.73 Å². The number of likely N-dealkylation sites (tertiary alicyclic amines) is 1. The number of nitrogens with zero attached hydrogens (tertiary/aromatic N) is 1. The Bertz CT molecular complexity index is 348. The fourth-order valence-electron chi connectivity index (χ4n) is 3.23. The normalized spacial score (nSPS) is 42.7. The zero-order valence-corrected chi connectivity index (χ0v) is 9.26. The predicted molar refractivity (Wildman–Crippen MR) is 61.0 cm³/mol. The number of nitrogens with two attached hydrogens (primary N) is 1. The van der Waals surface area contributed by atoms with E-state index < -0.39 is 0 Å². The SMILES string of the molecule is C[N+]1(Cc2ccccc2)CC2C(N)C2C1. The quantitative estimate of drug-likeness (QED) is 0.719. The van der Waals surface area contributed by atoms with Crippen molar-refractivity contribution in [1.29, 1.82) is 0 Å². The van der Waals surface area contributed by atoms with Gasteiger partial charge in [-0.25, -0.2) is 0 Å². The molecule has 2 heteroatoms. The van der Waals surface area contributed by atoms with E-state index in [0.29, 0.717) is 6.04 Å². The average molecular weight is 203 g/mol. The third-order valence-electron chi connectivity index (χ3n) is 4.11. The molecule has 1 heterocycles. The minimum atomic E-state index is 0.520. The molecule has 1 aliphatic carbocycles. The van der Waals surface area contributed by atoms with Gasteiger partial charge in [-0.3, -0.25) is 0 Å². The first-order valence-corrected chi connectivity index (χ1v) is 5.81. The van der Waals surface area contributed by atoms with E-state index in [0.717, 1.165) is 11.8 Å². The Morgan fingerprint density at radius 3 is 2.40 bits per heavy atom. The number of benzene rings is 1. The van der Waals surface area contributed by atoms with E-state index in [2.05, 4.69) is 37.4 Å². The van der Waals surface area contributed by atoms with E-state index in [-0.39, 0.29) is 0 Å². The van der Waals surface area contributed by atoms with Crippen LogP contribution in [0.5, 0.6) is 0 Å². The van der Waals surface area contributed by atoms with Gasteiger partial charge in [0.15, 0.2) is 0 Å². The molecule has 0 bridgehead atoms. The molecule has 2 fully saturated rings. The topological polar surface area (TPSA) is 26.0 Å². The van der Waals surface area contributed by atoms with E-state index in [1.165, 1.54) is 29.7 Å². The van der Waals surface area contributed by atoms with Crippen molar-refractivity contribution >= 4 is 0 Å². The van der Waals surface area contributed by atoms with Gasteiger partial charge in [0.1, 0.15) is 6.54 Å². The molecular formula is C13H19N2+. The number of fused-ring (bicyclic) bond motifs is 1. The molecule has 1 aromatic carbocycles. The fraction of sp³-hybridized carbons (Fsp3) is 0.538. The van der Waals surface area contributed by atoms with Crippen molar-refractivity contribution in [1.82, 2.24) is 0 Å². The Balaban J connectivity index is 1.70. The molecule has 0 aromatic heterocycles. The van der Waals surface area contributed by atoms with Crippen molar-refractivity contribution in [2.75, 3.05) is 20.1 Å². The van der Waals surface area contributed by atoms with Gasteiger partial charge < -0.3 is 10.2 Å². The summed E-state index contributed by atoms with van der Waals surface area (Å²) in [7, 11) is 2.37. The molecule has 2 N–H and O–H groups in total. The Kier molecular flexibility index (Phi) is 1.91. The second-order valence-corrected chi connectivity index (χ2v) is 5.53. The Morgan fingerprint density at radius 1 is 1.20 bits per heavy atom. The summed E-state index contributed by atoms with van der Waals surface area (Å²) in [6, 6.07) is 11.3. The fourth-order valence-corrected chi connectivity index (χ4v) is 3.23. The zero-order valence-electron chi connectivity index (χ0n) is 9.26. The van der Waals surface area contributed by atoms with E-state index in [1.54, 1.807) is 0 Å². The maximum absolute atomic E-state index is 5.98. The summed E-state index contributed by atoms with van der Waals surface area (Å²) in [5.41, 5.74) is 7.43. The summed E-state index contributed by atoms with van der Waals surface area (Å²) >= 11 is 0. The van der Waals surface area contributed by atoms with Gasteiger partial charge in [0.05, 0.1) is 20.1 Å². The second-order valence-electron chi connectivity index (χ2n) is 5.53.